The maximum absolute atomic E-state index is 12.7. The summed E-state index contributed by atoms with van der Waals surface area (Å²) in [4.78, 5) is 17.0. The molecule has 0 spiro atoms. The Labute approximate surface area is 141 Å². The molecule has 0 radical (unpaired) electrons. The van der Waals surface area contributed by atoms with Gasteiger partial charge >= 0.3 is 0 Å². The number of carbonyl (C=O) groups excluding carboxylic acids is 1. The van der Waals surface area contributed by atoms with E-state index in [1.54, 1.807) is 6.92 Å². The van der Waals surface area contributed by atoms with Crippen LogP contribution in [0.25, 0.3) is 0 Å². The number of rotatable bonds is 7. The number of aryl methyl sites for hydroxylation is 1. The van der Waals surface area contributed by atoms with Gasteiger partial charge in [0.25, 0.3) is 5.91 Å². The summed E-state index contributed by atoms with van der Waals surface area (Å²) < 4.78 is 10.8. The summed E-state index contributed by atoms with van der Waals surface area (Å²) in [6.45, 7) is 5.44. The standard InChI is InChI=1S/C18H24N2O4/c1-12(2)17-19-13(3)15(24-17)16(22)20-18(10-21,11-23-4)14-8-6-5-7-9-14/h5-9,12,21H,10-11H2,1-4H3,(H,20,22). The Hall–Kier alpha value is -2.18. The van der Waals surface area contributed by atoms with Gasteiger partial charge in [0, 0.05) is 13.0 Å². The minimum atomic E-state index is -1.05. The van der Waals surface area contributed by atoms with E-state index in [1.807, 2.05) is 44.2 Å². The molecule has 0 aliphatic heterocycles. The Morgan fingerprint density at radius 1 is 1.38 bits per heavy atom. The van der Waals surface area contributed by atoms with Crippen molar-refractivity contribution in [2.24, 2.45) is 0 Å². The van der Waals surface area contributed by atoms with Gasteiger partial charge < -0.3 is 19.6 Å². The van der Waals surface area contributed by atoms with Gasteiger partial charge in [-0.1, -0.05) is 44.2 Å². The van der Waals surface area contributed by atoms with Gasteiger partial charge in [0.15, 0.2) is 5.89 Å². The molecule has 0 aliphatic carbocycles. The van der Waals surface area contributed by atoms with Crippen LogP contribution in [0.5, 0.6) is 0 Å². The first-order valence-electron chi connectivity index (χ1n) is 7.88. The van der Waals surface area contributed by atoms with E-state index in [0.29, 0.717) is 11.6 Å². The molecule has 0 bridgehead atoms. The molecule has 24 heavy (non-hydrogen) atoms. The van der Waals surface area contributed by atoms with Crippen molar-refractivity contribution in [2.75, 3.05) is 20.3 Å². The third kappa shape index (κ3) is 3.66. The first-order valence-corrected chi connectivity index (χ1v) is 7.88. The number of oxazole rings is 1. The Morgan fingerprint density at radius 2 is 2.04 bits per heavy atom. The lowest BCUT2D eigenvalue weighted by Crippen LogP contribution is -2.52. The zero-order chi connectivity index (χ0) is 17.7. The van der Waals surface area contributed by atoms with Gasteiger partial charge in [-0.25, -0.2) is 4.98 Å². The fourth-order valence-corrected chi connectivity index (χ4v) is 2.52. The number of aliphatic hydroxyl groups is 1. The van der Waals surface area contributed by atoms with Crippen molar-refractivity contribution in [3.63, 3.8) is 0 Å². The molecule has 1 atom stereocenters. The van der Waals surface area contributed by atoms with E-state index < -0.39 is 11.4 Å². The number of nitrogens with one attached hydrogen (secondary N) is 1. The van der Waals surface area contributed by atoms with Crippen LogP contribution in [0.3, 0.4) is 0 Å². The number of carbonyl (C=O) groups is 1. The molecule has 0 saturated carbocycles. The zero-order valence-electron chi connectivity index (χ0n) is 14.5. The molecule has 1 aromatic carbocycles. The van der Waals surface area contributed by atoms with Gasteiger partial charge in [-0.15, -0.1) is 0 Å². The molecule has 0 fully saturated rings. The summed E-state index contributed by atoms with van der Waals surface area (Å²) >= 11 is 0. The number of aromatic nitrogens is 1. The van der Waals surface area contributed by atoms with Crippen LogP contribution in [0.15, 0.2) is 34.7 Å². The van der Waals surface area contributed by atoms with Crippen LogP contribution in [0.1, 0.15) is 47.5 Å². The summed E-state index contributed by atoms with van der Waals surface area (Å²) in [7, 11) is 1.52. The molecule has 1 aromatic heterocycles. The molecule has 2 rings (SSSR count). The molecule has 2 aromatic rings. The fraction of sp³-hybridized carbons (Fsp3) is 0.444. The molecular weight excluding hydrogens is 308 g/mol. The largest absolute Gasteiger partial charge is 0.435 e. The monoisotopic (exact) mass is 332 g/mol. The average Bonchev–Trinajstić information content (AvgIpc) is 2.97. The second kappa shape index (κ2) is 7.59. The van der Waals surface area contributed by atoms with Crippen molar-refractivity contribution < 1.29 is 19.1 Å². The summed E-state index contributed by atoms with van der Waals surface area (Å²) in [5.41, 5.74) is 0.224. The molecule has 1 unspecified atom stereocenters. The normalized spacial score (nSPS) is 13.8. The van der Waals surface area contributed by atoms with E-state index in [4.69, 9.17) is 9.15 Å². The molecule has 0 aliphatic rings. The predicted molar refractivity (Wildman–Crippen MR) is 89.9 cm³/mol. The maximum atomic E-state index is 12.7. The Morgan fingerprint density at radius 3 is 2.54 bits per heavy atom. The topological polar surface area (TPSA) is 84.6 Å². The quantitative estimate of drug-likeness (QED) is 0.813. The van der Waals surface area contributed by atoms with Crippen LogP contribution < -0.4 is 5.32 Å². The van der Waals surface area contributed by atoms with E-state index in [-0.39, 0.29) is 24.9 Å². The zero-order valence-corrected chi connectivity index (χ0v) is 14.5. The minimum absolute atomic E-state index is 0.0842. The van der Waals surface area contributed by atoms with Crippen molar-refractivity contribution in [3.05, 3.63) is 53.2 Å². The highest BCUT2D eigenvalue weighted by molar-refractivity contribution is 5.93. The lowest BCUT2D eigenvalue weighted by molar-refractivity contribution is 0.0493. The van der Waals surface area contributed by atoms with Crippen molar-refractivity contribution in [1.82, 2.24) is 10.3 Å². The van der Waals surface area contributed by atoms with Crippen LogP contribution in [0.4, 0.5) is 0 Å². The SMILES string of the molecule is COCC(CO)(NC(=O)c1oc(C(C)C)nc1C)c1ccccc1. The Balaban J connectivity index is 2.34. The van der Waals surface area contributed by atoms with Gasteiger partial charge in [0.05, 0.1) is 18.9 Å². The van der Waals surface area contributed by atoms with Crippen molar-refractivity contribution >= 4 is 5.91 Å². The third-order valence-corrected chi connectivity index (χ3v) is 3.85. The molecular formula is C18H24N2O4. The average molecular weight is 332 g/mol. The Kier molecular flexibility index (Phi) is 5.75. The maximum Gasteiger partial charge on any atom is 0.289 e. The van der Waals surface area contributed by atoms with E-state index in [0.717, 1.165) is 5.56 Å². The van der Waals surface area contributed by atoms with Crippen LogP contribution in [-0.2, 0) is 10.3 Å². The number of benzene rings is 1. The van der Waals surface area contributed by atoms with Crippen LogP contribution in [0.2, 0.25) is 0 Å². The fourth-order valence-electron chi connectivity index (χ4n) is 2.52. The van der Waals surface area contributed by atoms with Crippen LogP contribution in [0, 0.1) is 6.92 Å². The van der Waals surface area contributed by atoms with E-state index in [2.05, 4.69) is 10.3 Å². The highest BCUT2D eigenvalue weighted by Crippen LogP contribution is 2.24. The molecule has 2 N–H and O–H groups in total. The van der Waals surface area contributed by atoms with E-state index in [9.17, 15) is 9.90 Å². The summed E-state index contributed by atoms with van der Waals surface area (Å²) in [6.07, 6.45) is 0. The molecule has 0 saturated heterocycles. The second-order valence-corrected chi connectivity index (χ2v) is 6.11. The number of methoxy groups -OCH3 is 1. The number of hydrogen-bond donors (Lipinski definition) is 2. The first kappa shape index (κ1) is 18.2. The number of amides is 1. The van der Waals surface area contributed by atoms with Crippen LogP contribution in [-0.4, -0.2) is 36.3 Å². The molecule has 6 nitrogen and oxygen atoms in total. The third-order valence-electron chi connectivity index (χ3n) is 3.85. The van der Waals surface area contributed by atoms with Crippen LogP contribution >= 0.6 is 0 Å². The van der Waals surface area contributed by atoms with Gasteiger partial charge in [0.1, 0.15) is 5.54 Å². The molecule has 130 valence electrons. The number of ether oxygens (including phenoxy) is 1. The minimum Gasteiger partial charge on any atom is -0.435 e. The van der Waals surface area contributed by atoms with Crippen molar-refractivity contribution in [3.8, 4) is 0 Å². The number of nitrogens with zero attached hydrogens (tertiary/aromatic N) is 1. The highest BCUT2D eigenvalue weighted by atomic mass is 16.5. The summed E-state index contributed by atoms with van der Waals surface area (Å²) in [5.74, 6) is 0.324. The predicted octanol–water partition coefficient (Wildman–Crippen LogP) is 2.37. The van der Waals surface area contributed by atoms with Gasteiger partial charge in [-0.2, -0.15) is 0 Å². The molecule has 6 heteroatoms. The number of aliphatic hydroxyl groups excluding tert-OH is 1. The lowest BCUT2D eigenvalue weighted by atomic mass is 9.91. The first-order chi connectivity index (χ1) is 11.4. The van der Waals surface area contributed by atoms with Gasteiger partial charge in [0.2, 0.25) is 5.76 Å². The number of hydrogen-bond acceptors (Lipinski definition) is 5. The summed E-state index contributed by atoms with van der Waals surface area (Å²) in [6, 6.07) is 9.23. The second-order valence-electron chi connectivity index (χ2n) is 6.11. The van der Waals surface area contributed by atoms with E-state index >= 15 is 0 Å². The van der Waals surface area contributed by atoms with Crippen molar-refractivity contribution in [1.29, 1.82) is 0 Å². The smallest absolute Gasteiger partial charge is 0.289 e. The van der Waals surface area contributed by atoms with Gasteiger partial charge in [-0.05, 0) is 12.5 Å². The highest BCUT2D eigenvalue weighted by Gasteiger charge is 2.35. The lowest BCUT2D eigenvalue weighted by Gasteiger charge is -2.32. The molecule has 1 amide bonds. The molecule has 1 heterocycles. The summed E-state index contributed by atoms with van der Waals surface area (Å²) in [5, 5.41) is 12.8. The van der Waals surface area contributed by atoms with E-state index in [1.165, 1.54) is 7.11 Å². The Bertz CT molecular complexity index is 682. The van der Waals surface area contributed by atoms with Gasteiger partial charge in [-0.3, -0.25) is 4.79 Å². The van der Waals surface area contributed by atoms with Crippen molar-refractivity contribution in [2.45, 2.75) is 32.2 Å².